The third kappa shape index (κ3) is 17.2. The van der Waals surface area contributed by atoms with Crippen molar-refractivity contribution in [1.29, 1.82) is 0 Å². The molecule has 2 atom stereocenters. The van der Waals surface area contributed by atoms with Gasteiger partial charge in [0.1, 0.15) is 0 Å². The summed E-state index contributed by atoms with van der Waals surface area (Å²) in [5.41, 5.74) is 1.72. The van der Waals surface area contributed by atoms with Crippen LogP contribution in [0.1, 0.15) is 52.6 Å². The molecule has 4 amide bonds. The molecular formula is C45H38N9Na3O13S. The molecule has 5 N–H and O–H groups in total. The molecular weight excluding hydrogens is 976 g/mol. The standard InChI is InChI=1S/C45H41N9O13S.3Na/c1-22-18-27(6-14-35(22)49-41(58)39(24(3)55)53-51-37-16-10-30(46-26(5)57)20-33(37)43(60)61)28-7-15-36(23(2)19-28)50-42(59)40(25(4)56)54-52-38-17-11-31(21-34(38)44(62)63)48-45(64)47-29-8-12-32(13-9-29)68(65,66)67;;;/h6-21,39-40H,1-5H3,(H,46,57)(H,49,58)(H,50,59)(H,60,61)(H,62,63)(H2,47,48,64)(H,65,66,67);;;/q;3*+1/p-3. The number of anilines is 4. The summed E-state index contributed by atoms with van der Waals surface area (Å²) in [6, 6.07) is 17.3. The smallest absolute Gasteiger partial charge is 0.862 e. The van der Waals surface area contributed by atoms with E-state index in [2.05, 4.69) is 46.7 Å². The van der Waals surface area contributed by atoms with Gasteiger partial charge in [0.2, 0.25) is 12.1 Å². The van der Waals surface area contributed by atoms with Crippen LogP contribution in [0, 0.1) is 13.8 Å². The van der Waals surface area contributed by atoms with Gasteiger partial charge in [0.25, 0.3) is 21.9 Å². The second kappa shape index (κ2) is 27.1. The number of carboxylic acid groups (broad SMARTS) is 2. The Bertz CT molecular complexity index is 3090. The second-order valence-electron chi connectivity index (χ2n) is 14.7. The number of carbonyl (C=O) groups is 7. The van der Waals surface area contributed by atoms with Gasteiger partial charge >= 0.3 is 94.7 Å². The number of aliphatic imine (C=N–C) groups is 1. The van der Waals surface area contributed by atoms with E-state index in [9.17, 15) is 57.3 Å². The van der Waals surface area contributed by atoms with Crippen LogP contribution in [0.3, 0.4) is 0 Å². The summed E-state index contributed by atoms with van der Waals surface area (Å²) in [6.07, 6.45) is 0. The summed E-state index contributed by atoms with van der Waals surface area (Å²) in [6.45, 7) is 6.76. The fourth-order valence-corrected chi connectivity index (χ4v) is 6.62. The Hall–Kier alpha value is -5.83. The van der Waals surface area contributed by atoms with E-state index in [1.54, 1.807) is 50.2 Å². The average Bonchev–Trinajstić information content (AvgIpc) is 3.25. The minimum atomic E-state index is -4.46. The van der Waals surface area contributed by atoms with E-state index in [0.29, 0.717) is 33.6 Å². The maximum absolute atomic E-state index is 13.3. The van der Waals surface area contributed by atoms with Gasteiger partial charge in [-0.1, -0.05) is 12.1 Å². The Morgan fingerprint density at radius 1 is 0.549 bits per heavy atom. The van der Waals surface area contributed by atoms with Gasteiger partial charge in [-0.15, -0.1) is 0 Å². The van der Waals surface area contributed by atoms with E-state index in [0.717, 1.165) is 44.2 Å². The minimum Gasteiger partial charge on any atom is -0.862 e. The van der Waals surface area contributed by atoms with Crippen LogP contribution in [0.15, 0.2) is 127 Å². The molecule has 26 heteroatoms. The van der Waals surface area contributed by atoms with Crippen LogP contribution in [-0.4, -0.2) is 72.3 Å². The molecule has 0 spiro atoms. The fourth-order valence-electron chi connectivity index (χ4n) is 6.14. The zero-order valence-corrected chi connectivity index (χ0v) is 46.2. The minimum absolute atomic E-state index is 0. The van der Waals surface area contributed by atoms with Crippen LogP contribution >= 0.6 is 0 Å². The van der Waals surface area contributed by atoms with Crippen LogP contribution < -0.4 is 125 Å². The molecule has 5 aromatic carbocycles. The molecule has 2 unspecified atom stereocenters. The van der Waals surface area contributed by atoms with E-state index >= 15 is 0 Å². The zero-order valence-electron chi connectivity index (χ0n) is 39.4. The number of carbonyl (C=O) groups excluding carboxylic acids is 7. The van der Waals surface area contributed by atoms with Crippen LogP contribution in [-0.2, 0) is 29.3 Å². The summed E-state index contributed by atoms with van der Waals surface area (Å²) in [7, 11) is -4.46. The fraction of sp³-hybridized carbons (Fsp3) is 0.156. The van der Waals surface area contributed by atoms with Gasteiger partial charge in [-0.05, 0) is 148 Å². The number of Topliss-reactive ketones (excluding diaryl/α,β-unsaturated/α-hetero) is 2. The Morgan fingerprint density at radius 2 is 0.972 bits per heavy atom. The first-order valence-corrected chi connectivity index (χ1v) is 21.2. The number of amides is 4. The van der Waals surface area contributed by atoms with E-state index in [1.807, 2.05) is 0 Å². The van der Waals surface area contributed by atoms with Crippen LogP contribution in [0.5, 0.6) is 0 Å². The normalized spacial score (nSPS) is 12.0. The molecule has 0 aromatic heterocycles. The number of aryl methyl sites for hydroxylation is 2. The predicted octanol–water partition coefficient (Wildman–Crippen LogP) is -4.63. The molecule has 0 aliphatic carbocycles. The van der Waals surface area contributed by atoms with Crippen molar-refractivity contribution in [2.75, 3.05) is 21.3 Å². The maximum Gasteiger partial charge on any atom is 1.00 e. The first-order chi connectivity index (χ1) is 32.0. The Labute approximate surface area is 472 Å². The van der Waals surface area contributed by atoms with Gasteiger partial charge in [-0.25, -0.2) is 4.79 Å². The van der Waals surface area contributed by atoms with E-state index < -0.39 is 85.5 Å². The Balaban J connectivity index is 0.00000576. The zero-order chi connectivity index (χ0) is 50.0. The summed E-state index contributed by atoms with van der Waals surface area (Å²) in [5.74, 6) is -7.10. The summed E-state index contributed by atoms with van der Waals surface area (Å²) in [5, 5.41) is 60.4. The van der Waals surface area contributed by atoms with Gasteiger partial charge in [0.15, 0.2) is 11.6 Å². The number of nitrogens with zero attached hydrogens (tertiary/aromatic N) is 5. The number of rotatable bonds is 17. The number of aromatic carboxylic acids is 2. The van der Waals surface area contributed by atoms with Crippen molar-refractivity contribution in [3.63, 3.8) is 0 Å². The summed E-state index contributed by atoms with van der Waals surface area (Å²) in [4.78, 5) is 91.1. The van der Waals surface area contributed by atoms with Gasteiger partial charge in [-0.3, -0.25) is 28.7 Å². The van der Waals surface area contributed by atoms with Crippen molar-refractivity contribution in [1.82, 2.24) is 0 Å². The molecule has 71 heavy (non-hydrogen) atoms. The van der Waals surface area contributed by atoms with Crippen LogP contribution in [0.2, 0.25) is 0 Å². The van der Waals surface area contributed by atoms with Gasteiger partial charge in [-0.2, -0.15) is 28.9 Å². The number of urea groups is 1. The quantitative estimate of drug-likeness (QED) is 0.0146. The predicted molar refractivity (Wildman–Crippen MR) is 240 cm³/mol. The molecule has 5 aromatic rings. The van der Waals surface area contributed by atoms with Gasteiger partial charge < -0.3 is 46.2 Å². The molecule has 0 saturated heterocycles. The number of azo groups is 2. The molecule has 0 radical (unpaired) electrons. The third-order valence-electron chi connectivity index (χ3n) is 9.50. The number of benzene rings is 5. The van der Waals surface area contributed by atoms with Crippen molar-refractivity contribution < 1.29 is 151 Å². The summed E-state index contributed by atoms with van der Waals surface area (Å²) >= 11 is 0. The molecule has 22 nitrogen and oxygen atoms in total. The third-order valence-corrected chi connectivity index (χ3v) is 10.4. The average molecular weight is 1010 g/mol. The van der Waals surface area contributed by atoms with Crippen molar-refractivity contribution in [3.05, 3.63) is 119 Å². The largest absolute Gasteiger partial charge is 1.00 e. The topological polar surface area (TPSA) is 353 Å². The number of ketones is 2. The SMILES string of the molecule is CC(=O)C(N=Nc1ccc(N=C(C)[O-])cc1C(=O)[O-])C(=O)Nc1ccc(-c2ccc(NC(=O)C(N=Nc3ccc(NC(=O)Nc4ccc(S(=O)(=O)O)cc4)cc3C(=O)[O-])C(C)=O)c(C)c2)cc1C.[Na+].[Na+].[Na+]. The maximum atomic E-state index is 13.3. The number of hydrogen-bond donors (Lipinski definition) is 5. The van der Waals surface area contributed by atoms with Crippen LogP contribution in [0.25, 0.3) is 11.1 Å². The van der Waals surface area contributed by atoms with Crippen LogP contribution in [0.4, 0.5) is 44.6 Å². The second-order valence-corrected chi connectivity index (χ2v) is 16.1. The molecule has 350 valence electrons. The van der Waals surface area contributed by atoms with E-state index in [1.165, 1.54) is 37.3 Å². The summed E-state index contributed by atoms with van der Waals surface area (Å²) < 4.78 is 31.6. The Morgan fingerprint density at radius 3 is 1.38 bits per heavy atom. The number of carboxylic acids is 2. The molecule has 0 aliphatic rings. The first-order valence-electron chi connectivity index (χ1n) is 19.8. The van der Waals surface area contributed by atoms with E-state index in [-0.39, 0.29) is 117 Å². The molecule has 0 bridgehead atoms. The Kier molecular flexibility index (Phi) is 23.4. The van der Waals surface area contributed by atoms with Crippen molar-refractivity contribution in [2.45, 2.75) is 51.6 Å². The van der Waals surface area contributed by atoms with Gasteiger partial charge in [0, 0.05) is 33.9 Å². The molecule has 5 rings (SSSR count). The molecule has 0 saturated carbocycles. The van der Waals surface area contributed by atoms with E-state index in [4.69, 9.17) is 4.55 Å². The molecule has 0 fully saturated rings. The van der Waals surface area contributed by atoms with Crippen molar-refractivity contribution >= 4 is 97.2 Å². The number of hydrogen-bond acceptors (Lipinski definition) is 17. The molecule has 0 heterocycles. The van der Waals surface area contributed by atoms with Crippen molar-refractivity contribution in [3.8, 4) is 11.1 Å². The first kappa shape index (κ1) is 61.3. The van der Waals surface area contributed by atoms with Crippen molar-refractivity contribution in [2.24, 2.45) is 25.4 Å². The monoisotopic (exact) mass is 1010 g/mol. The number of nitrogens with one attached hydrogen (secondary N) is 4. The molecule has 0 aliphatic heterocycles. The van der Waals surface area contributed by atoms with Gasteiger partial charge in [0.05, 0.1) is 33.9 Å².